The van der Waals surface area contributed by atoms with Gasteiger partial charge in [-0.25, -0.2) is 4.68 Å². The van der Waals surface area contributed by atoms with Crippen LogP contribution >= 0.6 is 0 Å². The highest BCUT2D eigenvalue weighted by Gasteiger charge is 2.42. The van der Waals surface area contributed by atoms with Crippen LogP contribution in [0.4, 0.5) is 5.69 Å². The Hall–Kier alpha value is -2.48. The minimum Gasteiger partial charge on any atom is -0.381 e. The van der Waals surface area contributed by atoms with Gasteiger partial charge in [0, 0.05) is 45.0 Å². The van der Waals surface area contributed by atoms with E-state index in [0.717, 1.165) is 5.69 Å². The number of carbonyl (C=O) groups is 1. The summed E-state index contributed by atoms with van der Waals surface area (Å²) in [7, 11) is 3.83. The van der Waals surface area contributed by atoms with Crippen LogP contribution < -0.4 is 4.90 Å². The molecule has 1 unspecified atom stereocenters. The minimum absolute atomic E-state index is 0.168. The molecule has 0 bridgehead atoms. The van der Waals surface area contributed by atoms with E-state index in [4.69, 9.17) is 0 Å². The molecule has 25 heavy (non-hydrogen) atoms. The fourth-order valence-electron chi connectivity index (χ4n) is 2.90. The van der Waals surface area contributed by atoms with Gasteiger partial charge in [-0.2, -0.15) is 0 Å². The first kappa shape index (κ1) is 17.3. The van der Waals surface area contributed by atoms with Crippen LogP contribution in [0.15, 0.2) is 24.5 Å². The number of β-amino-alcohol motifs (C(OH)–C–C–N with tert-alkyl or cyclic N) is 1. The van der Waals surface area contributed by atoms with Crippen molar-refractivity contribution in [3.05, 3.63) is 35.9 Å². The summed E-state index contributed by atoms with van der Waals surface area (Å²) in [4.78, 5) is 20.5. The molecule has 0 spiro atoms. The number of aliphatic hydroxyl groups is 1. The van der Waals surface area contributed by atoms with E-state index in [-0.39, 0.29) is 18.5 Å². The van der Waals surface area contributed by atoms with Gasteiger partial charge in [-0.1, -0.05) is 5.21 Å². The lowest BCUT2D eigenvalue weighted by Crippen LogP contribution is -2.35. The maximum absolute atomic E-state index is 12.7. The van der Waals surface area contributed by atoms with Gasteiger partial charge in [-0.3, -0.25) is 9.78 Å². The quantitative estimate of drug-likeness (QED) is 0.892. The van der Waals surface area contributed by atoms with Gasteiger partial charge < -0.3 is 14.9 Å². The predicted molar refractivity (Wildman–Crippen MR) is 93.4 cm³/mol. The number of carbonyl (C=O) groups excluding carboxylic acids is 1. The van der Waals surface area contributed by atoms with Crippen molar-refractivity contribution in [2.24, 2.45) is 0 Å². The number of pyridine rings is 1. The number of hydrogen-bond donors (Lipinski definition) is 1. The highest BCUT2D eigenvalue weighted by atomic mass is 16.3. The second-order valence-electron chi connectivity index (χ2n) is 6.98. The van der Waals surface area contributed by atoms with Crippen LogP contribution in [0.1, 0.15) is 42.5 Å². The third kappa shape index (κ3) is 3.34. The third-order valence-corrected chi connectivity index (χ3v) is 4.53. The van der Waals surface area contributed by atoms with E-state index < -0.39 is 5.60 Å². The van der Waals surface area contributed by atoms with Crippen molar-refractivity contribution < 1.29 is 9.90 Å². The summed E-state index contributed by atoms with van der Waals surface area (Å²) in [5, 5.41) is 19.1. The first-order valence-electron chi connectivity index (χ1n) is 8.37. The lowest BCUT2D eigenvalue weighted by atomic mass is 10.00. The van der Waals surface area contributed by atoms with Gasteiger partial charge in [0.15, 0.2) is 0 Å². The molecular formula is C17H24N6O2. The van der Waals surface area contributed by atoms with Gasteiger partial charge in [-0.15, -0.1) is 5.10 Å². The zero-order valence-corrected chi connectivity index (χ0v) is 15.0. The fraction of sp³-hybridized carbons (Fsp3) is 0.529. The van der Waals surface area contributed by atoms with Crippen molar-refractivity contribution in [1.29, 1.82) is 0 Å². The van der Waals surface area contributed by atoms with E-state index in [1.165, 1.54) is 0 Å². The van der Waals surface area contributed by atoms with Crippen LogP contribution in [0.2, 0.25) is 0 Å². The van der Waals surface area contributed by atoms with Gasteiger partial charge in [0.05, 0.1) is 12.7 Å². The first-order valence-corrected chi connectivity index (χ1v) is 8.37. The summed E-state index contributed by atoms with van der Waals surface area (Å²) in [5.74, 6) is -0.184. The van der Waals surface area contributed by atoms with E-state index in [1.807, 2.05) is 38.9 Å². The average Bonchev–Trinajstić information content (AvgIpc) is 3.22. The molecule has 0 aliphatic carbocycles. The third-order valence-electron chi connectivity index (χ3n) is 4.53. The minimum atomic E-state index is -1.16. The van der Waals surface area contributed by atoms with Gasteiger partial charge in [0.25, 0.3) is 5.91 Å². The standard InChI is InChI=1S/C17H24N6O2/c1-12(2)23-10-15(19-20-23)17(25)6-8-22(11-17)16(24)14-9-13(21(3)4)5-7-18-14/h5,7,9-10,12,25H,6,8,11H2,1-4H3. The van der Waals surface area contributed by atoms with Crippen LogP contribution in [-0.2, 0) is 5.60 Å². The maximum atomic E-state index is 12.7. The largest absolute Gasteiger partial charge is 0.381 e. The Kier molecular flexibility index (Phi) is 4.47. The zero-order chi connectivity index (χ0) is 18.2. The molecule has 0 radical (unpaired) electrons. The Bertz CT molecular complexity index is 772. The molecule has 0 aromatic carbocycles. The molecule has 1 aliphatic heterocycles. The van der Waals surface area contributed by atoms with E-state index in [1.54, 1.807) is 28.0 Å². The Balaban J connectivity index is 1.77. The Morgan fingerprint density at radius 1 is 1.40 bits per heavy atom. The molecular weight excluding hydrogens is 320 g/mol. The normalized spacial score (nSPS) is 20.3. The fourth-order valence-corrected chi connectivity index (χ4v) is 2.90. The van der Waals surface area contributed by atoms with Crippen molar-refractivity contribution in [2.45, 2.75) is 31.9 Å². The highest BCUT2D eigenvalue weighted by Crippen LogP contribution is 2.31. The molecule has 3 heterocycles. The van der Waals surface area contributed by atoms with E-state index in [0.29, 0.717) is 24.4 Å². The summed E-state index contributed by atoms with van der Waals surface area (Å²) in [6.07, 6.45) is 3.81. The van der Waals surface area contributed by atoms with Crippen LogP contribution in [0.25, 0.3) is 0 Å². The summed E-state index contributed by atoms with van der Waals surface area (Å²) < 4.78 is 1.71. The lowest BCUT2D eigenvalue weighted by molar-refractivity contribution is 0.0380. The van der Waals surface area contributed by atoms with Crippen LogP contribution in [0, 0.1) is 0 Å². The number of anilines is 1. The van der Waals surface area contributed by atoms with Gasteiger partial charge >= 0.3 is 0 Å². The second-order valence-corrected chi connectivity index (χ2v) is 6.98. The topological polar surface area (TPSA) is 87.4 Å². The molecule has 1 atom stereocenters. The van der Waals surface area contributed by atoms with Gasteiger partial charge in [0.2, 0.25) is 0 Å². The van der Waals surface area contributed by atoms with Crippen molar-refractivity contribution in [3.63, 3.8) is 0 Å². The van der Waals surface area contributed by atoms with E-state index >= 15 is 0 Å². The highest BCUT2D eigenvalue weighted by molar-refractivity contribution is 5.93. The Labute approximate surface area is 147 Å². The number of aromatic nitrogens is 4. The SMILES string of the molecule is CC(C)n1cc(C2(O)CCN(C(=O)c3cc(N(C)C)ccn3)C2)nn1. The van der Waals surface area contributed by atoms with Crippen molar-refractivity contribution in [2.75, 3.05) is 32.1 Å². The van der Waals surface area contributed by atoms with Gasteiger partial charge in [0.1, 0.15) is 17.0 Å². The number of rotatable bonds is 4. The van der Waals surface area contributed by atoms with E-state index in [9.17, 15) is 9.90 Å². The molecule has 1 aliphatic rings. The van der Waals surface area contributed by atoms with Crippen molar-refractivity contribution >= 4 is 11.6 Å². The maximum Gasteiger partial charge on any atom is 0.272 e. The smallest absolute Gasteiger partial charge is 0.272 e. The molecule has 8 heteroatoms. The lowest BCUT2D eigenvalue weighted by Gasteiger charge is -2.21. The summed E-state index contributed by atoms with van der Waals surface area (Å²) in [6, 6.07) is 3.78. The van der Waals surface area contributed by atoms with E-state index in [2.05, 4.69) is 15.3 Å². The molecule has 3 rings (SSSR count). The zero-order valence-electron chi connectivity index (χ0n) is 15.0. The molecule has 134 valence electrons. The van der Waals surface area contributed by atoms with Gasteiger partial charge in [-0.05, 0) is 26.0 Å². The molecule has 0 saturated carbocycles. The second kappa shape index (κ2) is 6.44. The van der Waals surface area contributed by atoms with Crippen LogP contribution in [0.5, 0.6) is 0 Å². The van der Waals surface area contributed by atoms with Crippen molar-refractivity contribution in [3.8, 4) is 0 Å². The summed E-state index contributed by atoms with van der Waals surface area (Å²) in [6.45, 7) is 4.64. The Morgan fingerprint density at radius 3 is 2.80 bits per heavy atom. The average molecular weight is 344 g/mol. The van der Waals surface area contributed by atoms with Crippen LogP contribution in [-0.4, -0.2) is 63.1 Å². The molecule has 1 amide bonds. The molecule has 2 aromatic rings. The number of amides is 1. The first-order chi connectivity index (χ1) is 11.8. The number of hydrogen-bond acceptors (Lipinski definition) is 6. The summed E-state index contributed by atoms with van der Waals surface area (Å²) in [5.41, 5.74) is 0.627. The molecule has 1 saturated heterocycles. The monoisotopic (exact) mass is 344 g/mol. The predicted octanol–water partition coefficient (Wildman–Crippen LogP) is 1.05. The summed E-state index contributed by atoms with van der Waals surface area (Å²) >= 11 is 0. The number of likely N-dealkylation sites (tertiary alicyclic amines) is 1. The molecule has 1 N–H and O–H groups in total. The molecule has 1 fully saturated rings. The van der Waals surface area contributed by atoms with Crippen molar-refractivity contribution in [1.82, 2.24) is 24.9 Å². The number of nitrogens with zero attached hydrogens (tertiary/aromatic N) is 6. The Morgan fingerprint density at radius 2 is 2.16 bits per heavy atom. The molecule has 2 aromatic heterocycles. The molecule has 8 nitrogen and oxygen atoms in total. The van der Waals surface area contributed by atoms with Crippen LogP contribution in [0.3, 0.4) is 0 Å².